The van der Waals surface area contributed by atoms with E-state index in [1.807, 2.05) is 6.92 Å². The summed E-state index contributed by atoms with van der Waals surface area (Å²) < 4.78 is 26.3. The number of thiazole rings is 1. The summed E-state index contributed by atoms with van der Waals surface area (Å²) in [5.41, 5.74) is 0.816. The first-order valence-electron chi connectivity index (χ1n) is 5.51. The molecule has 0 atom stereocenters. The molecular formula is C10H14N2O4S2. The second-order valence-corrected chi connectivity index (χ2v) is 7.60. The second kappa shape index (κ2) is 4.60. The van der Waals surface area contributed by atoms with Gasteiger partial charge in [0.05, 0.1) is 5.51 Å². The molecular weight excluding hydrogens is 276 g/mol. The molecule has 1 aromatic rings. The van der Waals surface area contributed by atoms with Gasteiger partial charge in [-0.3, -0.25) is 0 Å². The zero-order valence-corrected chi connectivity index (χ0v) is 11.5. The lowest BCUT2D eigenvalue weighted by Gasteiger charge is -2.38. The molecule has 18 heavy (non-hydrogen) atoms. The van der Waals surface area contributed by atoms with E-state index in [2.05, 4.69) is 9.71 Å². The molecule has 1 fully saturated rings. The smallest absolute Gasteiger partial charge is 0.356 e. The lowest BCUT2D eigenvalue weighted by molar-refractivity contribution is 0.0687. The molecule has 1 aliphatic carbocycles. The molecule has 2 N–H and O–H groups in total. The largest absolute Gasteiger partial charge is 0.476 e. The van der Waals surface area contributed by atoms with E-state index in [4.69, 9.17) is 5.11 Å². The van der Waals surface area contributed by atoms with E-state index in [0.717, 1.165) is 30.6 Å². The van der Waals surface area contributed by atoms with Crippen LogP contribution in [0.4, 0.5) is 0 Å². The van der Waals surface area contributed by atoms with Gasteiger partial charge in [-0.1, -0.05) is 13.3 Å². The van der Waals surface area contributed by atoms with Crippen molar-refractivity contribution in [1.29, 1.82) is 0 Å². The molecule has 0 unspecified atom stereocenters. The predicted octanol–water partition coefficient (Wildman–Crippen LogP) is 1.31. The summed E-state index contributed by atoms with van der Waals surface area (Å²) in [6.45, 7) is 2.36. The van der Waals surface area contributed by atoms with Crippen LogP contribution >= 0.6 is 11.3 Å². The highest BCUT2D eigenvalue weighted by Gasteiger charge is 2.34. The van der Waals surface area contributed by atoms with E-state index in [1.165, 1.54) is 5.51 Å². The summed E-state index contributed by atoms with van der Waals surface area (Å²) in [5.74, 6) is -1.33. The molecule has 0 spiro atoms. The van der Waals surface area contributed by atoms with Gasteiger partial charge in [0, 0.05) is 6.54 Å². The molecule has 1 aromatic heterocycles. The Morgan fingerprint density at radius 3 is 2.78 bits per heavy atom. The Morgan fingerprint density at radius 1 is 1.61 bits per heavy atom. The number of sulfonamides is 1. The molecule has 1 saturated carbocycles. The van der Waals surface area contributed by atoms with Gasteiger partial charge < -0.3 is 5.11 Å². The molecule has 2 rings (SSSR count). The number of carbonyl (C=O) groups is 1. The maximum atomic E-state index is 12.0. The quantitative estimate of drug-likeness (QED) is 0.852. The van der Waals surface area contributed by atoms with Crippen LogP contribution in [0.25, 0.3) is 0 Å². The molecule has 1 heterocycles. The third kappa shape index (κ3) is 2.55. The molecule has 0 aliphatic heterocycles. The Kier molecular flexibility index (Phi) is 3.43. The highest BCUT2D eigenvalue weighted by atomic mass is 32.2. The van der Waals surface area contributed by atoms with E-state index in [1.54, 1.807) is 0 Å². The van der Waals surface area contributed by atoms with Crippen molar-refractivity contribution in [2.45, 2.75) is 30.4 Å². The Hall–Kier alpha value is -0.990. The minimum Gasteiger partial charge on any atom is -0.476 e. The van der Waals surface area contributed by atoms with E-state index in [9.17, 15) is 13.2 Å². The van der Waals surface area contributed by atoms with Gasteiger partial charge in [0.2, 0.25) is 0 Å². The molecule has 1 aliphatic rings. The Morgan fingerprint density at radius 2 is 2.28 bits per heavy atom. The highest BCUT2D eigenvalue weighted by Crippen LogP contribution is 2.39. The average molecular weight is 290 g/mol. The zero-order valence-electron chi connectivity index (χ0n) is 9.84. The number of nitrogens with one attached hydrogen (secondary N) is 1. The van der Waals surface area contributed by atoms with E-state index in [0.29, 0.717) is 6.54 Å². The van der Waals surface area contributed by atoms with Gasteiger partial charge in [0.25, 0.3) is 10.0 Å². The molecule has 0 radical (unpaired) electrons. The van der Waals surface area contributed by atoms with E-state index in [-0.39, 0.29) is 9.62 Å². The molecule has 100 valence electrons. The average Bonchev–Trinajstić information content (AvgIpc) is 2.73. The van der Waals surface area contributed by atoms with Crippen molar-refractivity contribution in [3.63, 3.8) is 0 Å². The summed E-state index contributed by atoms with van der Waals surface area (Å²) in [6.07, 6.45) is 3.09. The minimum atomic E-state index is -3.78. The van der Waals surface area contributed by atoms with Crippen molar-refractivity contribution < 1.29 is 18.3 Å². The lowest BCUT2D eigenvalue weighted by atomic mass is 9.71. The molecule has 0 aromatic carbocycles. The summed E-state index contributed by atoms with van der Waals surface area (Å²) in [7, 11) is -3.78. The van der Waals surface area contributed by atoms with Gasteiger partial charge in [-0.15, -0.1) is 11.3 Å². The molecule has 6 nitrogen and oxygen atoms in total. The van der Waals surface area contributed by atoms with Crippen LogP contribution in [0.2, 0.25) is 0 Å². The van der Waals surface area contributed by atoms with Crippen LogP contribution in [0, 0.1) is 5.41 Å². The Labute approximate surface area is 109 Å². The number of nitrogens with zero attached hydrogens (tertiary/aromatic N) is 1. The van der Waals surface area contributed by atoms with Crippen LogP contribution in [0.5, 0.6) is 0 Å². The fraction of sp³-hybridized carbons (Fsp3) is 0.600. The SMILES string of the molecule is CC1(CNS(=O)(=O)c2scnc2C(=O)O)CCC1. The second-order valence-electron chi connectivity index (χ2n) is 4.78. The van der Waals surface area contributed by atoms with Crippen LogP contribution in [-0.4, -0.2) is 31.0 Å². The maximum Gasteiger partial charge on any atom is 0.356 e. The zero-order chi connectivity index (χ0) is 13.4. The van der Waals surface area contributed by atoms with Crippen LogP contribution in [0.1, 0.15) is 36.7 Å². The Bertz CT molecular complexity index is 560. The van der Waals surface area contributed by atoms with Gasteiger partial charge in [-0.25, -0.2) is 22.9 Å². The van der Waals surface area contributed by atoms with E-state index < -0.39 is 21.7 Å². The van der Waals surface area contributed by atoms with E-state index >= 15 is 0 Å². The first-order chi connectivity index (χ1) is 8.34. The summed E-state index contributed by atoms with van der Waals surface area (Å²) in [4.78, 5) is 14.4. The van der Waals surface area contributed by atoms with Gasteiger partial charge in [0.15, 0.2) is 9.90 Å². The predicted molar refractivity (Wildman–Crippen MR) is 66.2 cm³/mol. The number of carboxylic acid groups (broad SMARTS) is 1. The number of hydrogen-bond donors (Lipinski definition) is 2. The summed E-state index contributed by atoms with van der Waals surface area (Å²) in [6, 6.07) is 0. The van der Waals surface area contributed by atoms with Crippen molar-refractivity contribution in [2.75, 3.05) is 6.54 Å². The van der Waals surface area contributed by atoms with Gasteiger partial charge >= 0.3 is 5.97 Å². The summed E-state index contributed by atoms with van der Waals surface area (Å²) in [5, 5.41) is 8.86. The van der Waals surface area contributed by atoms with Crippen LogP contribution in [0.3, 0.4) is 0 Å². The number of rotatable bonds is 5. The van der Waals surface area contributed by atoms with Crippen molar-refractivity contribution >= 4 is 27.3 Å². The molecule has 0 saturated heterocycles. The highest BCUT2D eigenvalue weighted by molar-refractivity contribution is 7.91. The van der Waals surface area contributed by atoms with Crippen molar-refractivity contribution in [2.24, 2.45) is 5.41 Å². The summed E-state index contributed by atoms with van der Waals surface area (Å²) >= 11 is 0.819. The van der Waals surface area contributed by atoms with Gasteiger partial charge in [-0.05, 0) is 18.3 Å². The van der Waals surface area contributed by atoms with Crippen LogP contribution in [-0.2, 0) is 10.0 Å². The number of carboxylic acids is 1. The Balaban J connectivity index is 2.15. The van der Waals surface area contributed by atoms with Crippen molar-refractivity contribution in [1.82, 2.24) is 9.71 Å². The third-order valence-corrected chi connectivity index (χ3v) is 6.00. The topological polar surface area (TPSA) is 96.4 Å². The standard InChI is InChI=1S/C10H14N2O4S2/c1-10(3-2-4-10)5-12-18(15,16)9-7(8(13)14)11-6-17-9/h6,12H,2-5H2,1H3,(H,13,14). The first-order valence-corrected chi connectivity index (χ1v) is 7.87. The monoisotopic (exact) mass is 290 g/mol. The maximum absolute atomic E-state index is 12.0. The molecule has 8 heteroatoms. The third-order valence-electron chi connectivity index (χ3n) is 3.23. The fourth-order valence-corrected chi connectivity index (χ4v) is 4.24. The normalized spacial score (nSPS) is 18.3. The number of aromatic nitrogens is 1. The number of hydrogen-bond acceptors (Lipinski definition) is 5. The van der Waals surface area contributed by atoms with Gasteiger partial charge in [-0.2, -0.15) is 0 Å². The van der Waals surface area contributed by atoms with Crippen molar-refractivity contribution in [3.05, 3.63) is 11.2 Å². The van der Waals surface area contributed by atoms with Crippen molar-refractivity contribution in [3.8, 4) is 0 Å². The number of aromatic carboxylic acids is 1. The fourth-order valence-electron chi connectivity index (χ4n) is 1.86. The molecule has 0 bridgehead atoms. The minimum absolute atomic E-state index is 0.00114. The lowest BCUT2D eigenvalue weighted by Crippen LogP contribution is -2.40. The van der Waals surface area contributed by atoms with Gasteiger partial charge in [0.1, 0.15) is 0 Å². The van der Waals surface area contributed by atoms with Crippen LogP contribution in [0.15, 0.2) is 9.72 Å². The molecule has 0 amide bonds. The first kappa shape index (κ1) is 13.4. The van der Waals surface area contributed by atoms with Crippen LogP contribution < -0.4 is 4.72 Å².